The highest BCUT2D eigenvalue weighted by Crippen LogP contribution is 2.14. The highest BCUT2D eigenvalue weighted by molar-refractivity contribution is 5.72. The maximum absolute atomic E-state index is 12.0. The molecular weight excluding hydrogens is 458 g/mol. The zero-order chi connectivity index (χ0) is 26.2. The Bertz CT molecular complexity index is 512. The Morgan fingerprint density at radius 2 is 1.17 bits per heavy atom. The van der Waals surface area contributed by atoms with Crippen LogP contribution in [0.1, 0.15) is 60.3 Å². The summed E-state index contributed by atoms with van der Waals surface area (Å²) in [6.07, 6.45) is 3.38. The summed E-state index contributed by atoms with van der Waals surface area (Å²) in [5.41, 5.74) is -0.508. The number of hydrogen-bond donors (Lipinski definition) is 1. The second kappa shape index (κ2) is 23.0. The lowest BCUT2D eigenvalue weighted by Crippen LogP contribution is -2.34. The molecular formula is C25H49NO9. The second-order valence-corrected chi connectivity index (χ2v) is 8.91. The third-order valence-corrected chi connectivity index (χ3v) is 4.61. The first kappa shape index (κ1) is 33.5. The van der Waals surface area contributed by atoms with Gasteiger partial charge >= 0.3 is 12.1 Å². The lowest BCUT2D eigenvalue weighted by atomic mass is 10.00. The average Bonchev–Trinajstić information content (AvgIpc) is 2.79. The van der Waals surface area contributed by atoms with Gasteiger partial charge in [-0.2, -0.15) is 0 Å². The summed E-state index contributed by atoms with van der Waals surface area (Å²) in [5, 5.41) is 2.62. The lowest BCUT2D eigenvalue weighted by Gasteiger charge is -2.19. The van der Waals surface area contributed by atoms with E-state index in [9.17, 15) is 9.59 Å². The summed E-state index contributed by atoms with van der Waals surface area (Å²) in [6, 6.07) is 0. The molecule has 0 spiro atoms. The van der Waals surface area contributed by atoms with Gasteiger partial charge < -0.3 is 38.5 Å². The molecule has 208 valence electrons. The van der Waals surface area contributed by atoms with Crippen molar-refractivity contribution < 1.29 is 42.7 Å². The van der Waals surface area contributed by atoms with Crippen LogP contribution < -0.4 is 5.32 Å². The van der Waals surface area contributed by atoms with Gasteiger partial charge in [-0.1, -0.05) is 26.7 Å². The summed E-state index contributed by atoms with van der Waals surface area (Å²) in [4.78, 5) is 23.4. The van der Waals surface area contributed by atoms with Gasteiger partial charge in [0.2, 0.25) is 0 Å². The molecule has 35 heavy (non-hydrogen) atoms. The van der Waals surface area contributed by atoms with E-state index in [1.54, 1.807) is 0 Å². The van der Waals surface area contributed by atoms with Crippen LogP contribution in [0.5, 0.6) is 0 Å². The van der Waals surface area contributed by atoms with Crippen LogP contribution in [-0.2, 0) is 38.0 Å². The molecule has 0 saturated carbocycles. The zero-order valence-corrected chi connectivity index (χ0v) is 22.6. The molecule has 0 fully saturated rings. The smallest absolute Gasteiger partial charge is 0.407 e. The van der Waals surface area contributed by atoms with Gasteiger partial charge in [0, 0.05) is 6.54 Å². The first-order valence-corrected chi connectivity index (χ1v) is 12.8. The normalized spacial score (nSPS) is 12.4. The number of carbonyl (C=O) groups is 2. The minimum Gasteiger partial charge on any atom is -0.463 e. The molecule has 1 N–H and O–H groups in total. The molecule has 0 heterocycles. The molecule has 0 aliphatic carbocycles. The van der Waals surface area contributed by atoms with Gasteiger partial charge in [-0.05, 0) is 33.6 Å². The predicted octanol–water partition coefficient (Wildman–Crippen LogP) is 3.35. The fraction of sp³-hybridized carbons (Fsp3) is 0.920. The first-order valence-electron chi connectivity index (χ1n) is 12.8. The number of amides is 1. The van der Waals surface area contributed by atoms with Gasteiger partial charge in [-0.25, -0.2) is 4.79 Å². The summed E-state index contributed by atoms with van der Waals surface area (Å²) >= 11 is 0. The maximum Gasteiger partial charge on any atom is 0.407 e. The number of alkyl carbamates (subject to hydrolysis) is 1. The Labute approximate surface area is 211 Å². The van der Waals surface area contributed by atoms with E-state index in [-0.39, 0.29) is 18.5 Å². The lowest BCUT2D eigenvalue weighted by molar-refractivity contribution is -0.150. The standard InChI is InChI=1S/C25H49NO9/c1-6-8-9-22(7-2)23(27)34-21-20-33-19-18-32-17-16-31-15-14-30-13-12-29-11-10-26-24(28)35-25(3,4)5/h22H,6-21H2,1-5H3,(H,26,28). The number of nitrogens with one attached hydrogen (secondary N) is 1. The number of esters is 1. The minimum atomic E-state index is -0.508. The molecule has 1 amide bonds. The third-order valence-electron chi connectivity index (χ3n) is 4.61. The molecule has 0 bridgehead atoms. The Kier molecular flexibility index (Phi) is 22.0. The molecule has 0 saturated heterocycles. The van der Waals surface area contributed by atoms with E-state index in [2.05, 4.69) is 12.2 Å². The van der Waals surface area contributed by atoms with Crippen molar-refractivity contribution in [3.05, 3.63) is 0 Å². The van der Waals surface area contributed by atoms with E-state index in [1.807, 2.05) is 27.7 Å². The summed E-state index contributed by atoms with van der Waals surface area (Å²) in [7, 11) is 0. The van der Waals surface area contributed by atoms with Crippen molar-refractivity contribution in [3.63, 3.8) is 0 Å². The van der Waals surface area contributed by atoms with E-state index in [1.165, 1.54) is 0 Å². The summed E-state index contributed by atoms with van der Waals surface area (Å²) < 4.78 is 37.4. The summed E-state index contributed by atoms with van der Waals surface area (Å²) in [6.45, 7) is 14.7. The molecule has 1 unspecified atom stereocenters. The Balaban J connectivity index is 3.28. The van der Waals surface area contributed by atoms with Gasteiger partial charge in [0.1, 0.15) is 12.2 Å². The van der Waals surface area contributed by atoms with E-state index in [0.29, 0.717) is 72.6 Å². The highest BCUT2D eigenvalue weighted by atomic mass is 16.6. The highest BCUT2D eigenvalue weighted by Gasteiger charge is 2.17. The van der Waals surface area contributed by atoms with Crippen molar-refractivity contribution in [2.75, 3.05) is 79.2 Å². The van der Waals surface area contributed by atoms with Crippen LogP contribution >= 0.6 is 0 Å². The van der Waals surface area contributed by atoms with Crippen molar-refractivity contribution in [1.82, 2.24) is 5.32 Å². The van der Waals surface area contributed by atoms with E-state index >= 15 is 0 Å². The maximum atomic E-state index is 12.0. The fourth-order valence-electron chi connectivity index (χ4n) is 2.78. The molecule has 0 radical (unpaired) electrons. The Morgan fingerprint density at radius 3 is 1.60 bits per heavy atom. The average molecular weight is 508 g/mol. The van der Waals surface area contributed by atoms with Crippen LogP contribution in [0.25, 0.3) is 0 Å². The van der Waals surface area contributed by atoms with Gasteiger partial charge in [-0.3, -0.25) is 4.79 Å². The van der Waals surface area contributed by atoms with E-state index < -0.39 is 11.7 Å². The molecule has 10 heteroatoms. The van der Waals surface area contributed by atoms with Crippen molar-refractivity contribution in [1.29, 1.82) is 0 Å². The van der Waals surface area contributed by atoms with Crippen LogP contribution in [-0.4, -0.2) is 96.9 Å². The molecule has 0 aliphatic rings. The first-order chi connectivity index (χ1) is 16.8. The Hall–Kier alpha value is -1.46. The van der Waals surface area contributed by atoms with Gasteiger partial charge in [0.15, 0.2) is 0 Å². The summed E-state index contributed by atoms with van der Waals surface area (Å²) in [5.74, 6) is -0.126. The predicted molar refractivity (Wildman–Crippen MR) is 133 cm³/mol. The second-order valence-electron chi connectivity index (χ2n) is 8.91. The molecule has 1 atom stereocenters. The number of rotatable bonds is 23. The van der Waals surface area contributed by atoms with Crippen molar-refractivity contribution >= 4 is 12.1 Å². The van der Waals surface area contributed by atoms with Crippen LogP contribution in [0.15, 0.2) is 0 Å². The zero-order valence-electron chi connectivity index (χ0n) is 22.6. The monoisotopic (exact) mass is 507 g/mol. The van der Waals surface area contributed by atoms with Crippen molar-refractivity contribution in [3.8, 4) is 0 Å². The fourth-order valence-corrected chi connectivity index (χ4v) is 2.78. The van der Waals surface area contributed by atoms with Crippen LogP contribution in [0, 0.1) is 5.92 Å². The van der Waals surface area contributed by atoms with E-state index in [4.69, 9.17) is 33.2 Å². The van der Waals surface area contributed by atoms with Crippen LogP contribution in [0.2, 0.25) is 0 Å². The minimum absolute atomic E-state index is 0.00295. The van der Waals surface area contributed by atoms with Crippen LogP contribution in [0.3, 0.4) is 0 Å². The molecule has 0 aliphatic heterocycles. The number of ether oxygens (including phenoxy) is 7. The molecule has 0 aromatic rings. The number of carbonyl (C=O) groups excluding carboxylic acids is 2. The molecule has 10 nitrogen and oxygen atoms in total. The Morgan fingerprint density at radius 1 is 0.714 bits per heavy atom. The van der Waals surface area contributed by atoms with Gasteiger partial charge in [0.05, 0.1) is 72.0 Å². The van der Waals surface area contributed by atoms with Crippen molar-refractivity contribution in [2.45, 2.75) is 65.9 Å². The van der Waals surface area contributed by atoms with Crippen molar-refractivity contribution in [2.24, 2.45) is 5.92 Å². The number of unbranched alkanes of at least 4 members (excludes halogenated alkanes) is 1. The topological polar surface area (TPSA) is 111 Å². The number of hydrogen-bond acceptors (Lipinski definition) is 9. The quantitative estimate of drug-likeness (QED) is 0.164. The molecule has 0 aromatic heterocycles. The van der Waals surface area contributed by atoms with Gasteiger partial charge in [0.25, 0.3) is 0 Å². The third kappa shape index (κ3) is 24.0. The van der Waals surface area contributed by atoms with E-state index in [0.717, 1.165) is 25.7 Å². The van der Waals surface area contributed by atoms with Crippen LogP contribution in [0.4, 0.5) is 4.79 Å². The molecule has 0 aromatic carbocycles. The SMILES string of the molecule is CCCCC(CC)C(=O)OCCOCCOCCOCCOCCOCCNC(=O)OC(C)(C)C. The largest absolute Gasteiger partial charge is 0.463 e. The molecule has 0 rings (SSSR count). The van der Waals surface area contributed by atoms with Gasteiger partial charge in [-0.15, -0.1) is 0 Å².